The third-order valence-corrected chi connectivity index (χ3v) is 7.95. The highest BCUT2D eigenvalue weighted by atomic mass is 32.2. The van der Waals surface area contributed by atoms with Crippen molar-refractivity contribution < 1.29 is 56.7 Å². The first-order chi connectivity index (χ1) is 20.7. The van der Waals surface area contributed by atoms with E-state index in [1.165, 1.54) is 5.32 Å². The number of hydrogen-bond acceptors (Lipinski definition) is 13. The fourth-order valence-electron chi connectivity index (χ4n) is 3.86. The Bertz CT molecular complexity index is 1610. The molecule has 1 fully saturated rings. The van der Waals surface area contributed by atoms with E-state index in [1.54, 1.807) is 0 Å². The number of non-ortho nitro benzene ring substituents is 1. The van der Waals surface area contributed by atoms with Gasteiger partial charge in [0.1, 0.15) is 36.5 Å². The van der Waals surface area contributed by atoms with Gasteiger partial charge in [-0.1, -0.05) is 5.16 Å². The number of nitro groups is 1. The summed E-state index contributed by atoms with van der Waals surface area (Å²) in [4.78, 5) is 80.9. The number of thioether (sulfide) groups is 1. The maximum atomic E-state index is 13.0. The van der Waals surface area contributed by atoms with Gasteiger partial charge in [0.15, 0.2) is 10.8 Å². The van der Waals surface area contributed by atoms with Gasteiger partial charge < -0.3 is 20.0 Å². The number of aliphatic carboxylic acids is 1. The highest BCUT2D eigenvalue weighted by Crippen LogP contribution is 2.40. The number of rotatable bonds is 10. The third-order valence-electron chi connectivity index (χ3n) is 5.85. The van der Waals surface area contributed by atoms with Gasteiger partial charge in [0.2, 0.25) is 0 Å². The topological polar surface area (TPSA) is 220 Å². The van der Waals surface area contributed by atoms with Crippen molar-refractivity contribution in [1.29, 1.82) is 0 Å². The van der Waals surface area contributed by atoms with E-state index in [4.69, 9.17) is 4.74 Å². The van der Waals surface area contributed by atoms with Crippen molar-refractivity contribution in [2.75, 3.05) is 24.8 Å². The van der Waals surface area contributed by atoms with Crippen LogP contribution in [0.1, 0.15) is 16.1 Å². The molecule has 44 heavy (non-hydrogen) atoms. The predicted molar refractivity (Wildman–Crippen MR) is 143 cm³/mol. The monoisotopic (exact) mass is 658 g/mol. The Kier molecular flexibility index (Phi) is 9.18. The molecule has 0 saturated carbocycles. The fourth-order valence-corrected chi connectivity index (χ4v) is 5.88. The molecule has 3 heterocycles. The zero-order valence-electron chi connectivity index (χ0n) is 21.8. The number of hydrogen-bond donors (Lipinski definition) is 3. The minimum absolute atomic E-state index is 0.0244. The first kappa shape index (κ1) is 31.9. The number of anilines is 1. The number of nitro benzene ring substituents is 1. The molecule has 232 valence electrons. The minimum atomic E-state index is -5.18. The highest BCUT2D eigenvalue weighted by molar-refractivity contribution is 8.00. The van der Waals surface area contributed by atoms with Crippen molar-refractivity contribution in [2.45, 2.75) is 17.6 Å². The van der Waals surface area contributed by atoms with Gasteiger partial charge in [-0.3, -0.25) is 34.7 Å². The van der Waals surface area contributed by atoms with Gasteiger partial charge in [0.05, 0.1) is 10.5 Å². The van der Waals surface area contributed by atoms with E-state index in [1.807, 2.05) is 0 Å². The van der Waals surface area contributed by atoms with Gasteiger partial charge in [-0.25, -0.2) is 14.6 Å². The van der Waals surface area contributed by atoms with Gasteiger partial charge >= 0.3 is 24.0 Å². The van der Waals surface area contributed by atoms with E-state index in [-0.39, 0.29) is 28.3 Å². The molecular weight excluding hydrogens is 641 g/mol. The number of β-lactam (4-membered cyclic amide) rings is 1. The number of alkyl halides is 3. The zero-order valence-corrected chi connectivity index (χ0v) is 23.4. The van der Waals surface area contributed by atoms with Crippen molar-refractivity contribution in [2.24, 2.45) is 5.16 Å². The molecule has 1 unspecified atom stereocenters. The Morgan fingerprint density at radius 3 is 2.52 bits per heavy atom. The first-order valence-electron chi connectivity index (χ1n) is 11.8. The molecule has 21 heteroatoms. The number of oxime groups is 1. The van der Waals surface area contributed by atoms with Crippen LogP contribution in [0, 0.1) is 10.1 Å². The number of esters is 1. The lowest BCUT2D eigenvalue weighted by Gasteiger charge is -2.49. The normalized spacial score (nSPS) is 18.1. The van der Waals surface area contributed by atoms with Gasteiger partial charge in [0, 0.05) is 28.8 Å². The summed E-state index contributed by atoms with van der Waals surface area (Å²) in [6.45, 7) is -0.514. The summed E-state index contributed by atoms with van der Waals surface area (Å²) in [6.07, 6.45) is -5.18. The molecule has 0 radical (unpaired) electrons. The van der Waals surface area contributed by atoms with Crippen LogP contribution in [0.25, 0.3) is 0 Å². The number of ether oxygens (including phenoxy) is 1. The van der Waals surface area contributed by atoms with Crippen LogP contribution in [0.2, 0.25) is 0 Å². The molecule has 2 atom stereocenters. The van der Waals surface area contributed by atoms with Crippen LogP contribution < -0.4 is 10.6 Å². The number of nitrogens with one attached hydrogen (secondary N) is 2. The average molecular weight is 659 g/mol. The van der Waals surface area contributed by atoms with Crippen molar-refractivity contribution in [3.63, 3.8) is 0 Å². The molecule has 3 amide bonds. The zero-order chi connectivity index (χ0) is 32.3. The van der Waals surface area contributed by atoms with Crippen molar-refractivity contribution >= 4 is 69.3 Å². The molecule has 1 aromatic carbocycles. The van der Waals surface area contributed by atoms with E-state index in [0.717, 1.165) is 53.4 Å². The summed E-state index contributed by atoms with van der Waals surface area (Å²) in [5.41, 5.74) is -1.50. The molecule has 2 aliphatic rings. The van der Waals surface area contributed by atoms with E-state index in [0.29, 0.717) is 11.3 Å². The fraction of sp³-hybridized carbons (Fsp3) is 0.261. The number of carbonyl (C=O) groups is 5. The predicted octanol–water partition coefficient (Wildman–Crippen LogP) is 1.50. The summed E-state index contributed by atoms with van der Waals surface area (Å²) in [5, 5.41) is 27.7. The molecule has 2 aliphatic heterocycles. The Balaban J connectivity index is 1.44. The third kappa shape index (κ3) is 6.62. The molecule has 0 bridgehead atoms. The maximum Gasteiger partial charge on any atom is 0.471 e. The van der Waals surface area contributed by atoms with Crippen LogP contribution in [-0.4, -0.2) is 92.3 Å². The number of benzene rings is 1. The quantitative estimate of drug-likeness (QED) is 0.109. The number of nitrogens with zero attached hydrogens (tertiary/aromatic N) is 4. The number of carbonyl (C=O) groups excluding carboxylic acids is 4. The average Bonchev–Trinajstić information content (AvgIpc) is 3.43. The van der Waals surface area contributed by atoms with Gasteiger partial charge in [-0.15, -0.1) is 23.1 Å². The number of halogens is 3. The minimum Gasteiger partial charge on any atom is -0.477 e. The Morgan fingerprint density at radius 1 is 1.25 bits per heavy atom. The van der Waals surface area contributed by atoms with E-state index < -0.39 is 75.3 Å². The van der Waals surface area contributed by atoms with Crippen LogP contribution in [-0.2, 0) is 28.8 Å². The number of carboxylic acid groups (broad SMARTS) is 1. The van der Waals surface area contributed by atoms with Crippen molar-refractivity contribution in [1.82, 2.24) is 15.2 Å². The van der Waals surface area contributed by atoms with Crippen molar-refractivity contribution in [3.8, 4) is 0 Å². The lowest BCUT2D eigenvalue weighted by atomic mass is 10.0. The summed E-state index contributed by atoms with van der Waals surface area (Å²) in [7, 11) is 1.07. The van der Waals surface area contributed by atoms with E-state index in [2.05, 4.69) is 20.3 Å². The van der Waals surface area contributed by atoms with Gasteiger partial charge in [-0.2, -0.15) is 13.2 Å². The lowest BCUT2D eigenvalue weighted by molar-refractivity contribution is -0.384. The molecule has 1 aromatic heterocycles. The number of aromatic nitrogens is 1. The molecule has 0 aliphatic carbocycles. The number of amides is 3. The number of thiazole rings is 1. The number of carboxylic acids is 1. The molecule has 2 aromatic rings. The van der Waals surface area contributed by atoms with Crippen LogP contribution in [0.5, 0.6) is 0 Å². The maximum absolute atomic E-state index is 13.0. The van der Waals surface area contributed by atoms with Gasteiger partial charge in [0.25, 0.3) is 17.5 Å². The van der Waals surface area contributed by atoms with Gasteiger partial charge in [-0.05, 0) is 12.1 Å². The molecule has 4 rings (SSSR count). The van der Waals surface area contributed by atoms with Crippen LogP contribution in [0.3, 0.4) is 0 Å². The molecular formula is C23H17F3N6O10S2. The van der Waals surface area contributed by atoms with Crippen LogP contribution >= 0.6 is 23.1 Å². The molecule has 3 N–H and O–H groups in total. The second-order valence-corrected chi connectivity index (χ2v) is 10.6. The van der Waals surface area contributed by atoms with Crippen LogP contribution in [0.4, 0.5) is 24.0 Å². The molecule has 0 spiro atoms. The Labute approximate surface area is 251 Å². The summed E-state index contributed by atoms with van der Waals surface area (Å²) < 4.78 is 42.8. The first-order valence-corrected chi connectivity index (χ1v) is 13.7. The summed E-state index contributed by atoms with van der Waals surface area (Å²) in [5.74, 6) is -6.58. The second-order valence-electron chi connectivity index (χ2n) is 8.61. The molecule has 1 saturated heterocycles. The lowest BCUT2D eigenvalue weighted by Crippen LogP contribution is -2.71. The standard InChI is InChI=1S/C23H17F3N6O10S2/c1-41-30-13(12-8-44-22(27-12)29-21(38)23(24,25)26)16(33)28-14-17(34)31-15(19(35)36)10(7-43-18(14)31)6-42-20(37)9-2-4-11(5-3-9)32(39)40/h2-5,8,14,18H,6-7H2,1H3,(H,28,33)(H,35,36)(H,27,29,38)/t14?,18-/m0/s1. The number of fused-ring (bicyclic) bond motifs is 1. The van der Waals surface area contributed by atoms with Crippen LogP contribution in [0.15, 0.2) is 46.1 Å². The van der Waals surface area contributed by atoms with Crippen molar-refractivity contribution in [3.05, 3.63) is 62.3 Å². The Hall–Kier alpha value is -5.05. The van der Waals surface area contributed by atoms with E-state index in [9.17, 15) is 52.4 Å². The Morgan fingerprint density at radius 2 is 1.93 bits per heavy atom. The molecule has 16 nitrogen and oxygen atoms in total. The summed E-state index contributed by atoms with van der Waals surface area (Å²) >= 11 is 1.61. The smallest absolute Gasteiger partial charge is 0.471 e. The largest absolute Gasteiger partial charge is 0.477 e. The SMILES string of the molecule is CON=C(C(=O)NC1C(=O)N2C(C(=O)O)=C(COC(=O)c3ccc([N+](=O)[O-])cc3)CS[C@@H]12)c1csc(NC(=O)C(F)(F)F)n1. The highest BCUT2D eigenvalue weighted by Gasteiger charge is 2.54. The van der Waals surface area contributed by atoms with E-state index >= 15 is 0 Å². The summed E-state index contributed by atoms with van der Waals surface area (Å²) in [6, 6.07) is 3.26. The second kappa shape index (κ2) is 12.7.